The first-order valence-electron chi connectivity index (χ1n) is 7.33. The quantitative estimate of drug-likeness (QED) is 0.801. The van der Waals surface area contributed by atoms with E-state index >= 15 is 0 Å². The average molecular weight is 287 g/mol. The smallest absolute Gasteiger partial charge is 0.125 e. The molecule has 4 rings (SSSR count). The Balaban J connectivity index is 1.71. The molecule has 2 aliphatic heterocycles. The van der Waals surface area contributed by atoms with Gasteiger partial charge >= 0.3 is 0 Å². The lowest BCUT2D eigenvalue weighted by molar-refractivity contribution is -0.0362. The van der Waals surface area contributed by atoms with Crippen molar-refractivity contribution in [2.45, 2.75) is 12.1 Å². The first-order valence-corrected chi connectivity index (χ1v) is 7.33. The fraction of sp³-hybridized carbons (Fsp3) is 0.438. The number of halogens is 1. The lowest BCUT2D eigenvalue weighted by Crippen LogP contribution is -2.48. The van der Waals surface area contributed by atoms with Crippen molar-refractivity contribution in [1.29, 1.82) is 0 Å². The lowest BCUT2D eigenvalue weighted by atomic mass is 10.1. The SMILES string of the molecule is CN1CCOC2CN(c3ccnc4cc(F)ccc34)CC21. The minimum atomic E-state index is -0.245. The fourth-order valence-electron chi connectivity index (χ4n) is 3.44. The molecule has 0 bridgehead atoms. The van der Waals surface area contributed by atoms with Crippen molar-refractivity contribution in [2.24, 2.45) is 0 Å². The first kappa shape index (κ1) is 13.0. The van der Waals surface area contributed by atoms with Crippen LogP contribution in [0.4, 0.5) is 10.1 Å². The van der Waals surface area contributed by atoms with Gasteiger partial charge < -0.3 is 9.64 Å². The molecule has 3 heterocycles. The summed E-state index contributed by atoms with van der Waals surface area (Å²) in [5, 5.41) is 1.00. The maximum Gasteiger partial charge on any atom is 0.125 e. The van der Waals surface area contributed by atoms with Gasteiger partial charge in [-0.05, 0) is 25.2 Å². The van der Waals surface area contributed by atoms with Crippen LogP contribution < -0.4 is 4.90 Å². The molecular weight excluding hydrogens is 269 g/mol. The van der Waals surface area contributed by atoms with Crippen LogP contribution >= 0.6 is 0 Å². The van der Waals surface area contributed by atoms with Crippen LogP contribution in [0.25, 0.3) is 10.9 Å². The Morgan fingerprint density at radius 2 is 2.19 bits per heavy atom. The van der Waals surface area contributed by atoms with Gasteiger partial charge in [-0.15, -0.1) is 0 Å². The van der Waals surface area contributed by atoms with Gasteiger partial charge in [0.25, 0.3) is 0 Å². The molecule has 0 spiro atoms. The summed E-state index contributed by atoms with van der Waals surface area (Å²) in [6.07, 6.45) is 2.01. The van der Waals surface area contributed by atoms with E-state index in [-0.39, 0.29) is 11.9 Å². The van der Waals surface area contributed by atoms with Crippen molar-refractivity contribution < 1.29 is 9.13 Å². The second kappa shape index (κ2) is 4.93. The molecular formula is C16H18FN3O. The van der Waals surface area contributed by atoms with Crippen molar-refractivity contribution in [1.82, 2.24) is 9.88 Å². The second-order valence-corrected chi connectivity index (χ2v) is 5.85. The molecule has 4 nitrogen and oxygen atoms in total. The van der Waals surface area contributed by atoms with Crippen LogP contribution in [0.2, 0.25) is 0 Å². The Bertz CT molecular complexity index is 678. The van der Waals surface area contributed by atoms with Gasteiger partial charge in [0.05, 0.1) is 24.3 Å². The van der Waals surface area contributed by atoms with E-state index in [1.165, 1.54) is 12.1 Å². The predicted octanol–water partition coefficient (Wildman–Crippen LogP) is 1.89. The Morgan fingerprint density at radius 1 is 1.29 bits per heavy atom. The summed E-state index contributed by atoms with van der Waals surface area (Å²) in [5.74, 6) is -0.245. The van der Waals surface area contributed by atoms with Crippen LogP contribution in [-0.4, -0.2) is 55.3 Å². The number of ether oxygens (including phenoxy) is 1. The molecule has 2 aromatic rings. The van der Waals surface area contributed by atoms with E-state index in [9.17, 15) is 4.39 Å². The average Bonchev–Trinajstić information content (AvgIpc) is 2.91. The molecule has 5 heteroatoms. The molecule has 2 atom stereocenters. The summed E-state index contributed by atoms with van der Waals surface area (Å²) in [5.41, 5.74) is 1.82. The number of hydrogen-bond acceptors (Lipinski definition) is 4. The molecule has 2 fully saturated rings. The van der Waals surface area contributed by atoms with E-state index in [2.05, 4.69) is 21.8 Å². The van der Waals surface area contributed by atoms with E-state index in [0.29, 0.717) is 11.6 Å². The highest BCUT2D eigenvalue weighted by Crippen LogP contribution is 2.31. The lowest BCUT2D eigenvalue weighted by Gasteiger charge is -2.33. The van der Waals surface area contributed by atoms with Crippen LogP contribution in [0.3, 0.4) is 0 Å². The standard InChI is InChI=1S/C16H18FN3O/c1-19-6-7-21-16-10-20(9-15(16)19)14-4-5-18-13-8-11(17)2-3-12(13)14/h2-5,8,15-16H,6-7,9-10H2,1H3. The topological polar surface area (TPSA) is 28.6 Å². The van der Waals surface area contributed by atoms with Gasteiger partial charge in [0, 0.05) is 43.0 Å². The van der Waals surface area contributed by atoms with Gasteiger partial charge in [0.15, 0.2) is 0 Å². The maximum atomic E-state index is 13.4. The number of fused-ring (bicyclic) bond motifs is 2. The maximum absolute atomic E-state index is 13.4. The van der Waals surface area contributed by atoms with Crippen molar-refractivity contribution in [2.75, 3.05) is 38.2 Å². The Morgan fingerprint density at radius 3 is 3.05 bits per heavy atom. The summed E-state index contributed by atoms with van der Waals surface area (Å²) < 4.78 is 19.3. The van der Waals surface area contributed by atoms with Crippen LogP contribution in [0, 0.1) is 5.82 Å². The van der Waals surface area contributed by atoms with Crippen LogP contribution in [0.15, 0.2) is 30.5 Å². The van der Waals surface area contributed by atoms with E-state index in [0.717, 1.165) is 37.3 Å². The number of rotatable bonds is 1. The molecule has 110 valence electrons. The van der Waals surface area contributed by atoms with Crippen LogP contribution in [-0.2, 0) is 4.74 Å². The minimum Gasteiger partial charge on any atom is -0.373 e. The zero-order valence-corrected chi connectivity index (χ0v) is 12.0. The molecule has 2 aliphatic rings. The summed E-state index contributed by atoms with van der Waals surface area (Å²) in [7, 11) is 2.16. The number of pyridine rings is 1. The fourth-order valence-corrected chi connectivity index (χ4v) is 3.44. The van der Waals surface area contributed by atoms with E-state index in [1.54, 1.807) is 6.20 Å². The van der Waals surface area contributed by atoms with E-state index in [1.807, 2.05) is 12.1 Å². The summed E-state index contributed by atoms with van der Waals surface area (Å²) in [6.45, 7) is 3.61. The Kier molecular flexibility index (Phi) is 3.05. The Labute approximate surface area is 123 Å². The zero-order valence-electron chi connectivity index (χ0n) is 12.0. The summed E-state index contributed by atoms with van der Waals surface area (Å²) in [6, 6.07) is 7.25. The monoisotopic (exact) mass is 287 g/mol. The number of aromatic nitrogens is 1. The van der Waals surface area contributed by atoms with Crippen molar-refractivity contribution in [3.63, 3.8) is 0 Å². The van der Waals surface area contributed by atoms with Crippen molar-refractivity contribution in [3.05, 3.63) is 36.3 Å². The van der Waals surface area contributed by atoms with Gasteiger partial charge in [-0.2, -0.15) is 0 Å². The third-order valence-electron chi connectivity index (χ3n) is 4.60. The number of benzene rings is 1. The number of nitrogens with zero attached hydrogens (tertiary/aromatic N) is 3. The van der Waals surface area contributed by atoms with Crippen molar-refractivity contribution >= 4 is 16.6 Å². The number of anilines is 1. The molecule has 2 saturated heterocycles. The second-order valence-electron chi connectivity index (χ2n) is 5.85. The van der Waals surface area contributed by atoms with Gasteiger partial charge in [-0.3, -0.25) is 9.88 Å². The Hall–Kier alpha value is -1.72. The van der Waals surface area contributed by atoms with Gasteiger partial charge in [0.1, 0.15) is 5.82 Å². The van der Waals surface area contributed by atoms with Crippen molar-refractivity contribution in [3.8, 4) is 0 Å². The molecule has 0 radical (unpaired) electrons. The van der Waals surface area contributed by atoms with E-state index < -0.39 is 0 Å². The number of morpholine rings is 1. The molecule has 1 aromatic carbocycles. The minimum absolute atomic E-state index is 0.245. The molecule has 21 heavy (non-hydrogen) atoms. The predicted molar refractivity (Wildman–Crippen MR) is 80.1 cm³/mol. The number of hydrogen-bond donors (Lipinski definition) is 0. The third-order valence-corrected chi connectivity index (χ3v) is 4.60. The van der Waals surface area contributed by atoms with Gasteiger partial charge in [0.2, 0.25) is 0 Å². The molecule has 0 saturated carbocycles. The normalized spacial score (nSPS) is 26.3. The summed E-state index contributed by atoms with van der Waals surface area (Å²) in [4.78, 5) is 8.98. The molecule has 0 aliphatic carbocycles. The highest BCUT2D eigenvalue weighted by molar-refractivity contribution is 5.91. The van der Waals surface area contributed by atoms with Gasteiger partial charge in [-0.25, -0.2) is 4.39 Å². The molecule has 0 amide bonds. The van der Waals surface area contributed by atoms with Crippen LogP contribution in [0.1, 0.15) is 0 Å². The van der Waals surface area contributed by atoms with E-state index in [4.69, 9.17) is 4.74 Å². The number of likely N-dealkylation sites (N-methyl/N-ethyl adjacent to an activating group) is 1. The zero-order chi connectivity index (χ0) is 14.4. The third kappa shape index (κ3) is 2.17. The summed E-state index contributed by atoms with van der Waals surface area (Å²) >= 11 is 0. The van der Waals surface area contributed by atoms with Gasteiger partial charge in [-0.1, -0.05) is 0 Å². The molecule has 2 unspecified atom stereocenters. The highest BCUT2D eigenvalue weighted by Gasteiger charge is 2.38. The largest absolute Gasteiger partial charge is 0.373 e. The molecule has 0 N–H and O–H groups in total. The molecule has 1 aromatic heterocycles. The highest BCUT2D eigenvalue weighted by atomic mass is 19.1. The first-order chi connectivity index (χ1) is 10.2. The van der Waals surface area contributed by atoms with Crippen LogP contribution in [0.5, 0.6) is 0 Å².